The summed E-state index contributed by atoms with van der Waals surface area (Å²) >= 11 is 0. The van der Waals surface area contributed by atoms with Crippen molar-refractivity contribution in [2.75, 3.05) is 46.1 Å². The number of carbonyl (C=O) groups excluding carboxylic acids is 2. The fourth-order valence-electron chi connectivity index (χ4n) is 4.68. The van der Waals surface area contributed by atoms with Crippen LogP contribution in [0.3, 0.4) is 0 Å². The number of halogens is 3. The second-order valence-electron chi connectivity index (χ2n) is 8.71. The Morgan fingerprint density at radius 2 is 1.82 bits per heavy atom. The van der Waals surface area contributed by atoms with E-state index in [0.717, 1.165) is 25.0 Å². The van der Waals surface area contributed by atoms with Crippen LogP contribution in [0.5, 0.6) is 5.75 Å². The maximum absolute atomic E-state index is 13.6. The minimum atomic E-state index is -4.59. The van der Waals surface area contributed by atoms with Crippen LogP contribution in [0, 0.1) is 5.41 Å². The van der Waals surface area contributed by atoms with Crippen LogP contribution in [0.4, 0.5) is 13.2 Å². The molecule has 4 rings (SSSR count). The van der Waals surface area contributed by atoms with Gasteiger partial charge >= 0.3 is 6.18 Å². The number of fused-ring (bicyclic) bond motifs is 2. The Hall–Kier alpha value is -2.59. The van der Waals surface area contributed by atoms with Gasteiger partial charge in [0.25, 0.3) is 5.91 Å². The third kappa shape index (κ3) is 5.50. The van der Waals surface area contributed by atoms with Gasteiger partial charge in [0, 0.05) is 32.3 Å². The number of rotatable bonds is 0. The fraction of sp³-hybridized carbons (Fsp3) is 0.565. The molecule has 1 spiro atoms. The van der Waals surface area contributed by atoms with E-state index in [1.54, 1.807) is 17.1 Å². The first-order valence-electron chi connectivity index (χ1n) is 11.0. The highest BCUT2D eigenvalue weighted by Crippen LogP contribution is 2.44. The summed E-state index contributed by atoms with van der Waals surface area (Å²) in [6.45, 7) is 1.84. The highest BCUT2D eigenvalue weighted by Gasteiger charge is 2.47. The molecular formula is C23H27F3N2O5. The summed E-state index contributed by atoms with van der Waals surface area (Å²) in [5.74, 6) is -0.757. The average Bonchev–Trinajstić information content (AvgIpc) is 3.13. The molecule has 1 aromatic carbocycles. The number of amides is 2. The summed E-state index contributed by atoms with van der Waals surface area (Å²) in [5.41, 5.74) is -1.23. The van der Waals surface area contributed by atoms with E-state index in [-0.39, 0.29) is 55.0 Å². The van der Waals surface area contributed by atoms with Crippen LogP contribution < -0.4 is 10.1 Å². The van der Waals surface area contributed by atoms with Gasteiger partial charge in [-0.2, -0.15) is 13.2 Å². The van der Waals surface area contributed by atoms with Crippen LogP contribution in [-0.4, -0.2) is 68.9 Å². The Morgan fingerprint density at radius 1 is 1.06 bits per heavy atom. The molecule has 1 atom stereocenters. The number of carbonyl (C=O) groups is 2. The Labute approximate surface area is 189 Å². The van der Waals surface area contributed by atoms with Crippen molar-refractivity contribution in [1.29, 1.82) is 0 Å². The van der Waals surface area contributed by atoms with Gasteiger partial charge in [-0.25, -0.2) is 0 Å². The second-order valence-corrected chi connectivity index (χ2v) is 8.71. The molecular weight excluding hydrogens is 441 g/mol. The van der Waals surface area contributed by atoms with E-state index in [0.29, 0.717) is 26.2 Å². The minimum Gasteiger partial charge on any atom is -0.489 e. The second kappa shape index (κ2) is 9.72. The zero-order valence-electron chi connectivity index (χ0n) is 18.2. The molecule has 1 aromatic rings. The number of hydrogen-bond donors (Lipinski definition) is 1. The van der Waals surface area contributed by atoms with Crippen molar-refractivity contribution >= 4 is 11.8 Å². The first kappa shape index (κ1) is 23.6. The Morgan fingerprint density at radius 3 is 2.58 bits per heavy atom. The summed E-state index contributed by atoms with van der Waals surface area (Å²) in [6.07, 6.45) is 0.816. The molecule has 2 amide bonds. The van der Waals surface area contributed by atoms with E-state index in [2.05, 4.69) is 5.32 Å². The van der Waals surface area contributed by atoms with Crippen LogP contribution in [0.25, 0.3) is 0 Å². The number of benzene rings is 1. The molecule has 180 valence electrons. The van der Waals surface area contributed by atoms with Crippen LogP contribution >= 0.6 is 0 Å². The van der Waals surface area contributed by atoms with Crippen LogP contribution in [0.2, 0.25) is 0 Å². The molecule has 0 bridgehead atoms. The average molecular weight is 468 g/mol. The topological polar surface area (TPSA) is 77.1 Å². The predicted octanol–water partition coefficient (Wildman–Crippen LogP) is 2.80. The van der Waals surface area contributed by atoms with E-state index in [1.165, 1.54) is 6.07 Å². The van der Waals surface area contributed by atoms with Crippen molar-refractivity contribution in [2.24, 2.45) is 5.41 Å². The quantitative estimate of drug-likeness (QED) is 0.593. The monoisotopic (exact) mass is 468 g/mol. The highest BCUT2D eigenvalue weighted by atomic mass is 19.4. The molecule has 0 aliphatic carbocycles. The van der Waals surface area contributed by atoms with Crippen molar-refractivity contribution in [3.8, 4) is 5.75 Å². The summed E-state index contributed by atoms with van der Waals surface area (Å²) in [6, 6.07) is 2.60. The third-order valence-corrected chi connectivity index (χ3v) is 6.45. The van der Waals surface area contributed by atoms with Gasteiger partial charge in [-0.05, 0) is 49.0 Å². The van der Waals surface area contributed by atoms with E-state index in [1.807, 2.05) is 0 Å². The van der Waals surface area contributed by atoms with E-state index >= 15 is 0 Å². The third-order valence-electron chi connectivity index (χ3n) is 6.45. The fourth-order valence-corrected chi connectivity index (χ4v) is 4.68. The van der Waals surface area contributed by atoms with Crippen molar-refractivity contribution in [3.05, 3.63) is 41.5 Å². The summed E-state index contributed by atoms with van der Waals surface area (Å²) in [7, 11) is 0. The van der Waals surface area contributed by atoms with Crippen LogP contribution in [0.15, 0.2) is 30.4 Å². The smallest absolute Gasteiger partial charge is 0.416 e. The molecule has 33 heavy (non-hydrogen) atoms. The standard InChI is InChI=1S/C23H27F3N2O5/c24-23(25,26)16-3-4-19-18(11-16)21(30)28-15-22(5-9-31-10-6-22)12-17(28)13-27-20(29)14-32-7-1-2-8-33-19/h1-4,11,17H,5-10,12-15H2,(H,27,29)/b2-1+. The molecule has 2 fully saturated rings. The zero-order chi connectivity index (χ0) is 23.5. The van der Waals surface area contributed by atoms with Gasteiger partial charge in [0.15, 0.2) is 0 Å². The van der Waals surface area contributed by atoms with Gasteiger partial charge in [0.1, 0.15) is 19.0 Å². The minimum absolute atomic E-state index is 0.0475. The first-order valence-corrected chi connectivity index (χ1v) is 11.0. The first-order chi connectivity index (χ1) is 15.8. The maximum Gasteiger partial charge on any atom is 0.416 e. The Kier molecular flexibility index (Phi) is 6.94. The summed E-state index contributed by atoms with van der Waals surface area (Å²) < 4.78 is 56.7. The Bertz CT molecular complexity index is 912. The van der Waals surface area contributed by atoms with Crippen molar-refractivity contribution in [3.63, 3.8) is 0 Å². The number of alkyl halides is 3. The molecule has 7 nitrogen and oxygen atoms in total. The highest BCUT2D eigenvalue weighted by molar-refractivity contribution is 5.97. The molecule has 3 aliphatic heterocycles. The number of nitrogens with one attached hydrogen (secondary N) is 1. The lowest BCUT2D eigenvalue weighted by molar-refractivity contribution is -0.137. The van der Waals surface area contributed by atoms with Gasteiger partial charge in [0.2, 0.25) is 5.91 Å². The lowest BCUT2D eigenvalue weighted by Crippen LogP contribution is -2.44. The number of hydrogen-bond acceptors (Lipinski definition) is 5. The molecule has 3 aliphatic rings. The van der Waals surface area contributed by atoms with E-state index < -0.39 is 17.6 Å². The zero-order valence-corrected chi connectivity index (χ0v) is 18.2. The SMILES string of the molecule is O=C1COC/C=C/COc2ccc(C(F)(F)F)cc2C(=O)N2CC3(CCOCC3)CC2CN1. The van der Waals surface area contributed by atoms with Gasteiger partial charge < -0.3 is 24.4 Å². The lowest BCUT2D eigenvalue weighted by atomic mass is 9.78. The van der Waals surface area contributed by atoms with E-state index in [9.17, 15) is 22.8 Å². The Balaban J connectivity index is 1.70. The summed E-state index contributed by atoms with van der Waals surface area (Å²) in [5, 5.41) is 2.80. The van der Waals surface area contributed by atoms with Crippen LogP contribution in [0.1, 0.15) is 35.2 Å². The van der Waals surface area contributed by atoms with E-state index in [4.69, 9.17) is 14.2 Å². The van der Waals surface area contributed by atoms with Gasteiger partial charge in [-0.15, -0.1) is 0 Å². The molecule has 3 heterocycles. The molecule has 1 unspecified atom stereocenters. The molecule has 0 radical (unpaired) electrons. The number of ether oxygens (including phenoxy) is 3. The van der Waals surface area contributed by atoms with Gasteiger partial charge in [0.05, 0.1) is 17.7 Å². The van der Waals surface area contributed by atoms with Crippen molar-refractivity contribution in [1.82, 2.24) is 10.2 Å². The predicted molar refractivity (Wildman–Crippen MR) is 112 cm³/mol. The number of nitrogens with zero attached hydrogens (tertiary/aromatic N) is 1. The maximum atomic E-state index is 13.6. The molecule has 1 N–H and O–H groups in total. The lowest BCUT2D eigenvalue weighted by Gasteiger charge is -2.33. The van der Waals surface area contributed by atoms with Gasteiger partial charge in [-0.3, -0.25) is 9.59 Å². The molecule has 0 aromatic heterocycles. The van der Waals surface area contributed by atoms with Crippen LogP contribution in [-0.2, 0) is 20.4 Å². The van der Waals surface area contributed by atoms with Crippen molar-refractivity contribution < 1.29 is 37.0 Å². The molecule has 0 saturated carbocycles. The summed E-state index contributed by atoms with van der Waals surface area (Å²) in [4.78, 5) is 27.4. The largest absolute Gasteiger partial charge is 0.489 e. The molecule has 2 saturated heterocycles. The normalized spacial score (nSPS) is 25.3. The van der Waals surface area contributed by atoms with Crippen molar-refractivity contribution in [2.45, 2.75) is 31.5 Å². The van der Waals surface area contributed by atoms with Gasteiger partial charge in [-0.1, -0.05) is 6.08 Å². The molecule has 10 heteroatoms.